The van der Waals surface area contributed by atoms with Crippen molar-refractivity contribution in [1.29, 1.82) is 0 Å². The molecule has 0 spiro atoms. The Hall–Kier alpha value is -2.00. The van der Waals surface area contributed by atoms with Gasteiger partial charge in [-0.2, -0.15) is 0 Å². The molecule has 1 heterocycles. The van der Waals surface area contributed by atoms with Gasteiger partial charge in [0.2, 0.25) is 11.8 Å². The molecule has 134 valence electrons. The number of aromatic nitrogens is 1. The highest BCUT2D eigenvalue weighted by atomic mass is 32.1. The van der Waals surface area contributed by atoms with Gasteiger partial charge < -0.3 is 5.32 Å². The first-order valence-corrected chi connectivity index (χ1v) is 8.68. The van der Waals surface area contributed by atoms with Crippen molar-refractivity contribution < 1.29 is 14.4 Å². The molecule has 1 aromatic heterocycles. The second-order valence-electron chi connectivity index (χ2n) is 5.68. The number of hydrazine groups is 1. The summed E-state index contributed by atoms with van der Waals surface area (Å²) in [5.74, 6) is -0.848. The number of nitrogens with zero attached hydrogens (tertiary/aromatic N) is 2. The highest BCUT2D eigenvalue weighted by Gasteiger charge is 2.14. The van der Waals surface area contributed by atoms with Crippen LogP contribution in [0.1, 0.15) is 31.5 Å². The summed E-state index contributed by atoms with van der Waals surface area (Å²) in [6, 6.07) is 0.0545. The Bertz CT molecular complexity index is 573. The van der Waals surface area contributed by atoms with E-state index in [-0.39, 0.29) is 43.3 Å². The van der Waals surface area contributed by atoms with Gasteiger partial charge in [-0.1, -0.05) is 6.92 Å². The van der Waals surface area contributed by atoms with Crippen molar-refractivity contribution in [2.24, 2.45) is 0 Å². The molecule has 0 aliphatic heterocycles. The van der Waals surface area contributed by atoms with E-state index < -0.39 is 0 Å². The van der Waals surface area contributed by atoms with Gasteiger partial charge in [-0.25, -0.2) is 4.98 Å². The van der Waals surface area contributed by atoms with Crippen LogP contribution in [0.4, 0.5) is 0 Å². The van der Waals surface area contributed by atoms with Crippen LogP contribution in [-0.2, 0) is 20.8 Å². The normalized spacial score (nSPS) is 10.8. The van der Waals surface area contributed by atoms with E-state index in [1.807, 2.05) is 33.1 Å². The standard InChI is InChI=1S/C15H25N5O3S/c1-5-20(7-13(22)16-10(2)3)8-14(23)19-18-12(21)6-15-17-11(4)9-24-15/h9-10H,5-8H2,1-4H3,(H,16,22)(H,18,21)(H,19,23). The Morgan fingerprint density at radius 2 is 1.79 bits per heavy atom. The zero-order valence-electron chi connectivity index (χ0n) is 14.5. The predicted octanol–water partition coefficient (Wildman–Crippen LogP) is -0.0121. The maximum Gasteiger partial charge on any atom is 0.252 e. The molecule has 0 fully saturated rings. The van der Waals surface area contributed by atoms with Crippen LogP contribution >= 0.6 is 11.3 Å². The van der Waals surface area contributed by atoms with Crippen LogP contribution in [0.5, 0.6) is 0 Å². The zero-order chi connectivity index (χ0) is 18.1. The van der Waals surface area contributed by atoms with E-state index in [0.29, 0.717) is 11.6 Å². The molecule has 0 radical (unpaired) electrons. The fourth-order valence-corrected chi connectivity index (χ4v) is 2.67. The molecular formula is C15H25N5O3S. The molecule has 0 aliphatic carbocycles. The van der Waals surface area contributed by atoms with Gasteiger partial charge in [0, 0.05) is 17.1 Å². The fraction of sp³-hybridized carbons (Fsp3) is 0.600. The largest absolute Gasteiger partial charge is 0.353 e. The molecule has 0 unspecified atom stereocenters. The van der Waals surface area contributed by atoms with Gasteiger partial charge in [-0.05, 0) is 27.3 Å². The molecule has 0 aliphatic rings. The summed E-state index contributed by atoms with van der Waals surface area (Å²) < 4.78 is 0. The number of thiazole rings is 1. The molecule has 24 heavy (non-hydrogen) atoms. The zero-order valence-corrected chi connectivity index (χ0v) is 15.3. The van der Waals surface area contributed by atoms with E-state index in [1.54, 1.807) is 4.90 Å². The van der Waals surface area contributed by atoms with E-state index >= 15 is 0 Å². The summed E-state index contributed by atoms with van der Waals surface area (Å²) in [6.45, 7) is 8.17. The number of likely N-dealkylation sites (N-methyl/N-ethyl adjacent to an activating group) is 1. The van der Waals surface area contributed by atoms with Gasteiger partial charge >= 0.3 is 0 Å². The van der Waals surface area contributed by atoms with E-state index in [9.17, 15) is 14.4 Å². The Labute approximate surface area is 146 Å². The number of carbonyl (C=O) groups excluding carboxylic acids is 3. The number of amides is 3. The van der Waals surface area contributed by atoms with Gasteiger partial charge in [0.05, 0.1) is 19.5 Å². The molecule has 0 atom stereocenters. The number of carbonyl (C=O) groups is 3. The van der Waals surface area contributed by atoms with Gasteiger partial charge in [0.1, 0.15) is 5.01 Å². The minimum absolute atomic E-state index is 0.0264. The summed E-state index contributed by atoms with van der Waals surface area (Å²) in [5.41, 5.74) is 5.58. The lowest BCUT2D eigenvalue weighted by Crippen LogP contribution is -2.48. The second kappa shape index (κ2) is 9.99. The van der Waals surface area contributed by atoms with Gasteiger partial charge in [-0.15, -0.1) is 11.3 Å². The summed E-state index contributed by atoms with van der Waals surface area (Å²) in [6.07, 6.45) is 0.118. The average molecular weight is 355 g/mol. The Kier molecular flexibility index (Phi) is 8.34. The van der Waals surface area contributed by atoms with Crippen LogP contribution in [0.25, 0.3) is 0 Å². The molecule has 3 N–H and O–H groups in total. The van der Waals surface area contributed by atoms with Gasteiger partial charge in [0.25, 0.3) is 5.91 Å². The predicted molar refractivity (Wildman–Crippen MR) is 92.2 cm³/mol. The summed E-state index contributed by atoms with van der Waals surface area (Å²) in [7, 11) is 0. The van der Waals surface area contributed by atoms with Crippen molar-refractivity contribution in [2.45, 2.75) is 40.2 Å². The SMILES string of the molecule is CCN(CC(=O)NNC(=O)Cc1nc(C)cs1)CC(=O)NC(C)C. The van der Waals surface area contributed by atoms with Crippen molar-refractivity contribution in [2.75, 3.05) is 19.6 Å². The van der Waals surface area contributed by atoms with Crippen LogP contribution in [-0.4, -0.2) is 53.3 Å². The van der Waals surface area contributed by atoms with E-state index in [1.165, 1.54) is 11.3 Å². The summed E-state index contributed by atoms with van der Waals surface area (Å²) in [4.78, 5) is 41.2. The van der Waals surface area contributed by atoms with Crippen molar-refractivity contribution in [3.05, 3.63) is 16.1 Å². The highest BCUT2D eigenvalue weighted by Crippen LogP contribution is 2.08. The Morgan fingerprint density at radius 1 is 1.17 bits per heavy atom. The molecule has 8 nitrogen and oxygen atoms in total. The third kappa shape index (κ3) is 8.02. The maximum atomic E-state index is 11.9. The van der Waals surface area contributed by atoms with E-state index in [4.69, 9.17) is 0 Å². The van der Waals surface area contributed by atoms with Crippen LogP contribution in [0, 0.1) is 6.92 Å². The summed E-state index contributed by atoms with van der Waals surface area (Å²) >= 11 is 1.40. The lowest BCUT2D eigenvalue weighted by Gasteiger charge is -2.20. The minimum atomic E-state index is -0.377. The molecular weight excluding hydrogens is 330 g/mol. The van der Waals surface area contributed by atoms with Crippen molar-refractivity contribution in [1.82, 2.24) is 26.1 Å². The van der Waals surface area contributed by atoms with Gasteiger partial charge in [0.15, 0.2) is 0 Å². The van der Waals surface area contributed by atoms with Crippen molar-refractivity contribution in [3.63, 3.8) is 0 Å². The number of hydrogen-bond donors (Lipinski definition) is 3. The fourth-order valence-electron chi connectivity index (χ4n) is 1.90. The second-order valence-corrected chi connectivity index (χ2v) is 6.62. The topological polar surface area (TPSA) is 103 Å². The van der Waals surface area contributed by atoms with Crippen LogP contribution in [0.3, 0.4) is 0 Å². The first-order valence-electron chi connectivity index (χ1n) is 7.80. The first kappa shape index (κ1) is 20.0. The molecule has 0 saturated heterocycles. The monoisotopic (exact) mass is 355 g/mol. The highest BCUT2D eigenvalue weighted by molar-refractivity contribution is 7.09. The van der Waals surface area contributed by atoms with Crippen LogP contribution in [0.2, 0.25) is 0 Å². The lowest BCUT2D eigenvalue weighted by molar-refractivity contribution is -0.130. The van der Waals surface area contributed by atoms with E-state index in [0.717, 1.165) is 5.69 Å². The first-order chi connectivity index (χ1) is 11.3. The molecule has 0 bridgehead atoms. The molecule has 3 amide bonds. The molecule has 0 saturated carbocycles. The third-order valence-electron chi connectivity index (χ3n) is 2.95. The average Bonchev–Trinajstić information content (AvgIpc) is 2.88. The Balaban J connectivity index is 2.32. The number of nitrogens with one attached hydrogen (secondary N) is 3. The lowest BCUT2D eigenvalue weighted by atomic mass is 10.3. The molecule has 1 aromatic rings. The number of hydrogen-bond acceptors (Lipinski definition) is 6. The quantitative estimate of drug-likeness (QED) is 0.569. The maximum absolute atomic E-state index is 11.9. The van der Waals surface area contributed by atoms with E-state index in [2.05, 4.69) is 21.2 Å². The third-order valence-corrected chi connectivity index (χ3v) is 3.92. The van der Waals surface area contributed by atoms with Crippen molar-refractivity contribution in [3.8, 4) is 0 Å². The molecule has 1 rings (SSSR count). The summed E-state index contributed by atoms with van der Waals surface area (Å²) in [5, 5.41) is 5.33. The van der Waals surface area contributed by atoms with Crippen LogP contribution in [0.15, 0.2) is 5.38 Å². The smallest absolute Gasteiger partial charge is 0.252 e. The molecule has 0 aromatic carbocycles. The van der Waals surface area contributed by atoms with Crippen molar-refractivity contribution >= 4 is 29.1 Å². The minimum Gasteiger partial charge on any atom is -0.353 e. The van der Waals surface area contributed by atoms with Crippen LogP contribution < -0.4 is 16.2 Å². The number of aryl methyl sites for hydroxylation is 1. The number of rotatable bonds is 8. The molecule has 9 heteroatoms. The van der Waals surface area contributed by atoms with Gasteiger partial charge in [-0.3, -0.25) is 30.1 Å². The Morgan fingerprint density at radius 3 is 2.33 bits per heavy atom.